The van der Waals surface area contributed by atoms with Crippen LogP contribution in [0.3, 0.4) is 0 Å². The molecule has 1 aliphatic rings. The van der Waals surface area contributed by atoms with E-state index in [0.717, 1.165) is 6.07 Å². The van der Waals surface area contributed by atoms with Gasteiger partial charge in [-0.25, -0.2) is 4.83 Å². The van der Waals surface area contributed by atoms with Gasteiger partial charge < -0.3 is 0 Å². The normalized spacial score (nSPS) is 17.5. The molecule has 0 bridgehead atoms. The van der Waals surface area contributed by atoms with Crippen LogP contribution in [-0.2, 0) is 14.8 Å². The van der Waals surface area contributed by atoms with Gasteiger partial charge in [-0.1, -0.05) is 6.07 Å². The Hall–Kier alpha value is -2.29. The van der Waals surface area contributed by atoms with Crippen molar-refractivity contribution in [2.45, 2.75) is 37.5 Å². The van der Waals surface area contributed by atoms with Crippen molar-refractivity contribution in [2.24, 2.45) is 5.10 Å². The average Bonchev–Trinajstić information content (AvgIpc) is 2.45. The number of Topliss-reactive ketones (excluding diaryl/α,β-unsaturated/α-hetero) is 1. The summed E-state index contributed by atoms with van der Waals surface area (Å²) in [6.45, 7) is 1.52. The van der Waals surface area contributed by atoms with Gasteiger partial charge in [0.2, 0.25) is 0 Å². The average molecular weight is 325 g/mol. The molecule has 0 aliphatic heterocycles. The molecular formula is C13H15N3O5S. The Morgan fingerprint density at radius 3 is 2.68 bits per heavy atom. The fourth-order valence-electron chi connectivity index (χ4n) is 2.12. The van der Waals surface area contributed by atoms with E-state index in [1.165, 1.54) is 19.1 Å². The highest BCUT2D eigenvalue weighted by Crippen LogP contribution is 2.22. The summed E-state index contributed by atoms with van der Waals surface area (Å²) < 4.78 is 24.2. The van der Waals surface area contributed by atoms with Gasteiger partial charge in [0.15, 0.2) is 0 Å². The number of rotatable bonds is 4. The molecule has 0 unspecified atom stereocenters. The van der Waals surface area contributed by atoms with Crippen molar-refractivity contribution in [2.75, 3.05) is 0 Å². The lowest BCUT2D eigenvalue weighted by Gasteiger charge is -2.12. The van der Waals surface area contributed by atoms with E-state index < -0.39 is 14.9 Å². The molecule has 0 heterocycles. The highest BCUT2D eigenvalue weighted by atomic mass is 32.2. The molecule has 0 radical (unpaired) electrons. The SMILES string of the molecule is Cc1ccc(S(=O)(=O)N/N=C2\CCCC(=O)C2)cc1[N+](=O)[O-]. The van der Waals surface area contributed by atoms with E-state index >= 15 is 0 Å². The Morgan fingerprint density at radius 1 is 1.32 bits per heavy atom. The van der Waals surface area contributed by atoms with Gasteiger partial charge in [0.05, 0.1) is 9.82 Å². The zero-order valence-electron chi connectivity index (χ0n) is 11.9. The van der Waals surface area contributed by atoms with Gasteiger partial charge in [-0.3, -0.25) is 14.9 Å². The lowest BCUT2D eigenvalue weighted by Crippen LogP contribution is -2.23. The van der Waals surface area contributed by atoms with E-state index in [4.69, 9.17) is 0 Å². The molecule has 0 atom stereocenters. The van der Waals surface area contributed by atoms with Gasteiger partial charge in [-0.15, -0.1) is 0 Å². The maximum atomic E-state index is 12.1. The van der Waals surface area contributed by atoms with Crippen molar-refractivity contribution in [3.05, 3.63) is 33.9 Å². The molecule has 22 heavy (non-hydrogen) atoms. The first-order valence-corrected chi connectivity index (χ1v) is 8.12. The molecule has 0 saturated heterocycles. The summed E-state index contributed by atoms with van der Waals surface area (Å²) in [5.41, 5.74) is 0.568. The fraction of sp³-hybridized carbons (Fsp3) is 0.385. The van der Waals surface area contributed by atoms with E-state index in [9.17, 15) is 23.3 Å². The van der Waals surface area contributed by atoms with Gasteiger partial charge in [-0.2, -0.15) is 13.5 Å². The second-order valence-electron chi connectivity index (χ2n) is 5.05. The lowest BCUT2D eigenvalue weighted by molar-refractivity contribution is -0.385. The van der Waals surface area contributed by atoms with Crippen LogP contribution < -0.4 is 4.83 Å². The molecule has 1 aromatic carbocycles. The number of nitrogens with zero attached hydrogens (tertiary/aromatic N) is 2. The minimum Gasteiger partial charge on any atom is -0.299 e. The van der Waals surface area contributed by atoms with Crippen molar-refractivity contribution < 1.29 is 18.1 Å². The van der Waals surface area contributed by atoms with Crippen LogP contribution >= 0.6 is 0 Å². The van der Waals surface area contributed by atoms with E-state index in [1.54, 1.807) is 0 Å². The van der Waals surface area contributed by atoms with Crippen LogP contribution in [0.25, 0.3) is 0 Å². The minimum absolute atomic E-state index is 0.0233. The third-order valence-electron chi connectivity index (χ3n) is 3.33. The monoisotopic (exact) mass is 325 g/mol. The Bertz CT molecular complexity index is 755. The highest BCUT2D eigenvalue weighted by Gasteiger charge is 2.20. The van der Waals surface area contributed by atoms with Crippen LogP contribution in [0.15, 0.2) is 28.2 Å². The number of sulfonamides is 1. The Labute approximate surface area is 127 Å². The number of benzene rings is 1. The number of hydrogen-bond donors (Lipinski definition) is 1. The number of carbonyl (C=O) groups excluding carboxylic acids is 1. The molecule has 1 N–H and O–H groups in total. The predicted molar refractivity (Wildman–Crippen MR) is 79.1 cm³/mol. The largest absolute Gasteiger partial charge is 0.299 e. The number of nitro benzene ring substituents is 1. The number of nitrogens with one attached hydrogen (secondary N) is 1. The van der Waals surface area contributed by atoms with Gasteiger partial charge in [0.25, 0.3) is 15.7 Å². The zero-order valence-corrected chi connectivity index (χ0v) is 12.7. The van der Waals surface area contributed by atoms with Crippen LogP contribution in [0, 0.1) is 17.0 Å². The van der Waals surface area contributed by atoms with Crippen molar-refractivity contribution in [1.29, 1.82) is 0 Å². The first kappa shape index (κ1) is 16.1. The highest BCUT2D eigenvalue weighted by molar-refractivity contribution is 7.89. The molecule has 1 aromatic rings. The van der Waals surface area contributed by atoms with Crippen molar-refractivity contribution in [3.63, 3.8) is 0 Å². The van der Waals surface area contributed by atoms with Gasteiger partial charge in [-0.05, 0) is 25.8 Å². The molecular weight excluding hydrogens is 310 g/mol. The summed E-state index contributed by atoms with van der Waals surface area (Å²) in [6, 6.07) is 3.63. The third kappa shape index (κ3) is 3.67. The van der Waals surface area contributed by atoms with Gasteiger partial charge in [0.1, 0.15) is 5.78 Å². The number of nitro groups is 1. The smallest absolute Gasteiger partial charge is 0.276 e. The lowest BCUT2D eigenvalue weighted by atomic mass is 9.97. The molecule has 2 rings (SSSR count). The summed E-state index contributed by atoms with van der Waals surface area (Å²) in [4.78, 5) is 23.3. The molecule has 1 saturated carbocycles. The van der Waals surface area contributed by atoms with Crippen LogP contribution in [0.5, 0.6) is 0 Å². The number of ketones is 1. The molecule has 0 amide bonds. The Kier molecular flexibility index (Phi) is 4.55. The molecule has 118 valence electrons. The molecule has 9 heteroatoms. The van der Waals surface area contributed by atoms with Crippen molar-refractivity contribution in [1.82, 2.24) is 4.83 Å². The summed E-state index contributed by atoms with van der Waals surface area (Å²) in [7, 11) is -4.00. The maximum absolute atomic E-state index is 12.1. The molecule has 1 aliphatic carbocycles. The fourth-order valence-corrected chi connectivity index (χ4v) is 2.99. The van der Waals surface area contributed by atoms with Crippen LogP contribution in [0.2, 0.25) is 0 Å². The second kappa shape index (κ2) is 6.22. The quantitative estimate of drug-likeness (QED) is 0.667. The van der Waals surface area contributed by atoms with Crippen molar-refractivity contribution >= 4 is 27.2 Å². The molecule has 0 spiro atoms. The van der Waals surface area contributed by atoms with Crippen molar-refractivity contribution in [3.8, 4) is 0 Å². The molecule has 1 fully saturated rings. The standard InChI is InChI=1S/C13H15N3O5S/c1-9-5-6-12(8-13(9)16(18)19)22(20,21)15-14-10-3-2-4-11(17)7-10/h5-6,8,15H,2-4,7H2,1H3/b14-10+. The second-order valence-corrected chi connectivity index (χ2v) is 6.71. The van der Waals surface area contributed by atoms with Crippen LogP contribution in [0.1, 0.15) is 31.2 Å². The summed E-state index contributed by atoms with van der Waals surface area (Å²) in [5.74, 6) is 0.0233. The number of aryl methyl sites for hydroxylation is 1. The summed E-state index contributed by atoms with van der Waals surface area (Å²) in [5, 5.41) is 14.6. The van der Waals surface area contributed by atoms with E-state index in [0.29, 0.717) is 30.5 Å². The first-order chi connectivity index (χ1) is 10.3. The van der Waals surface area contributed by atoms with E-state index in [2.05, 4.69) is 5.10 Å². The van der Waals surface area contributed by atoms with Crippen LogP contribution in [0.4, 0.5) is 5.69 Å². The third-order valence-corrected chi connectivity index (χ3v) is 4.54. The number of carbonyl (C=O) groups is 1. The van der Waals surface area contributed by atoms with Gasteiger partial charge >= 0.3 is 0 Å². The van der Waals surface area contributed by atoms with E-state index in [-0.39, 0.29) is 22.8 Å². The number of hydrazone groups is 1. The summed E-state index contributed by atoms with van der Waals surface area (Å²) >= 11 is 0. The molecule has 8 nitrogen and oxygen atoms in total. The number of hydrogen-bond acceptors (Lipinski definition) is 6. The van der Waals surface area contributed by atoms with Gasteiger partial charge in [0, 0.05) is 30.2 Å². The van der Waals surface area contributed by atoms with E-state index in [1.807, 2.05) is 4.83 Å². The maximum Gasteiger partial charge on any atom is 0.276 e. The topological polar surface area (TPSA) is 119 Å². The zero-order chi connectivity index (χ0) is 16.3. The first-order valence-electron chi connectivity index (χ1n) is 6.63. The Morgan fingerprint density at radius 2 is 2.05 bits per heavy atom. The van der Waals surface area contributed by atoms with Crippen LogP contribution in [-0.4, -0.2) is 24.8 Å². The molecule has 0 aromatic heterocycles. The Balaban J connectivity index is 2.23. The predicted octanol–water partition coefficient (Wildman–Crippen LogP) is 1.68. The minimum atomic E-state index is -4.00. The summed E-state index contributed by atoms with van der Waals surface area (Å²) in [6.07, 6.45) is 1.82.